The van der Waals surface area contributed by atoms with Crippen LogP contribution in [0.15, 0.2) is 140 Å². The van der Waals surface area contributed by atoms with E-state index < -0.39 is 0 Å². The van der Waals surface area contributed by atoms with Crippen LogP contribution < -0.4 is 4.57 Å². The van der Waals surface area contributed by atoms with Gasteiger partial charge in [-0.1, -0.05) is 72.8 Å². The van der Waals surface area contributed by atoms with Crippen molar-refractivity contribution < 1.29 is 4.57 Å². The molecule has 0 bridgehead atoms. The molecule has 3 heterocycles. The first kappa shape index (κ1) is 21.9. The van der Waals surface area contributed by atoms with Gasteiger partial charge in [0.05, 0.1) is 22.1 Å². The molecule has 3 nitrogen and oxygen atoms in total. The number of aromatic nitrogens is 3. The van der Waals surface area contributed by atoms with Gasteiger partial charge in [-0.3, -0.25) is 0 Å². The van der Waals surface area contributed by atoms with Crippen molar-refractivity contribution in [3.05, 3.63) is 140 Å². The van der Waals surface area contributed by atoms with E-state index in [1.54, 1.807) is 0 Å². The molecule has 184 valence electrons. The molecule has 0 saturated carbocycles. The van der Waals surface area contributed by atoms with Crippen molar-refractivity contribution in [2.45, 2.75) is 0 Å². The van der Waals surface area contributed by atoms with Crippen molar-refractivity contribution in [1.29, 1.82) is 0 Å². The zero-order chi connectivity index (χ0) is 25.9. The van der Waals surface area contributed by atoms with Crippen LogP contribution in [0.4, 0.5) is 0 Å². The van der Waals surface area contributed by atoms with Crippen LogP contribution in [-0.4, -0.2) is 9.13 Å². The van der Waals surface area contributed by atoms with Crippen LogP contribution in [0.2, 0.25) is 0 Å². The third-order valence-corrected chi connectivity index (χ3v) is 7.90. The van der Waals surface area contributed by atoms with E-state index in [4.69, 9.17) is 0 Å². The Balaban J connectivity index is 1.58. The second-order valence-electron chi connectivity index (χ2n) is 10.2. The van der Waals surface area contributed by atoms with E-state index in [0.29, 0.717) is 0 Å². The number of hydrogen-bond donors (Lipinski definition) is 0. The maximum Gasteiger partial charge on any atom is 0.169 e. The van der Waals surface area contributed by atoms with Gasteiger partial charge in [-0.2, -0.15) is 0 Å². The second kappa shape index (κ2) is 8.44. The molecule has 0 aliphatic heterocycles. The van der Waals surface area contributed by atoms with Gasteiger partial charge in [-0.25, -0.2) is 4.57 Å². The summed E-state index contributed by atoms with van der Waals surface area (Å²) in [6.45, 7) is 0. The Kier molecular flexibility index (Phi) is 4.74. The molecule has 8 aromatic rings. The highest BCUT2D eigenvalue weighted by atomic mass is 15.0. The third kappa shape index (κ3) is 3.27. The maximum atomic E-state index is 2.44. The number of benzene rings is 5. The predicted molar refractivity (Wildman–Crippen MR) is 162 cm³/mol. The number of fused-ring (bicyclic) bond motifs is 7. The first-order valence-corrected chi connectivity index (χ1v) is 13.3. The zero-order valence-corrected chi connectivity index (χ0v) is 21.6. The Morgan fingerprint density at radius 3 is 1.62 bits per heavy atom. The quantitative estimate of drug-likeness (QED) is 0.216. The van der Waals surface area contributed by atoms with Gasteiger partial charge in [0.25, 0.3) is 0 Å². The minimum Gasteiger partial charge on any atom is -0.307 e. The molecule has 3 aromatic heterocycles. The van der Waals surface area contributed by atoms with Gasteiger partial charge < -0.3 is 9.13 Å². The maximum absolute atomic E-state index is 2.44. The van der Waals surface area contributed by atoms with Gasteiger partial charge in [0.15, 0.2) is 12.4 Å². The summed E-state index contributed by atoms with van der Waals surface area (Å²) in [7, 11) is 2.05. The molecule has 3 heteroatoms. The topological polar surface area (TPSA) is 13.7 Å². The summed E-state index contributed by atoms with van der Waals surface area (Å²) in [5, 5.41) is 5.04. The van der Waals surface area contributed by atoms with E-state index in [9.17, 15) is 0 Å². The lowest BCUT2D eigenvalue weighted by Crippen LogP contribution is -2.25. The Hall–Kier alpha value is -5.15. The van der Waals surface area contributed by atoms with E-state index in [2.05, 4.69) is 161 Å². The molecular formula is C36H26N3+. The fourth-order valence-electron chi connectivity index (χ4n) is 6.11. The summed E-state index contributed by atoms with van der Waals surface area (Å²) >= 11 is 0. The van der Waals surface area contributed by atoms with E-state index in [-0.39, 0.29) is 0 Å². The van der Waals surface area contributed by atoms with E-state index in [0.717, 1.165) is 5.69 Å². The summed E-state index contributed by atoms with van der Waals surface area (Å²) in [6, 6.07) is 46.1. The minimum absolute atomic E-state index is 1.16. The van der Waals surface area contributed by atoms with Crippen LogP contribution >= 0.6 is 0 Å². The summed E-state index contributed by atoms with van der Waals surface area (Å²) in [5.41, 5.74) is 9.65. The zero-order valence-electron chi connectivity index (χ0n) is 21.6. The van der Waals surface area contributed by atoms with E-state index in [1.165, 1.54) is 60.4 Å². The normalized spacial score (nSPS) is 11.7. The van der Waals surface area contributed by atoms with Crippen LogP contribution in [0.1, 0.15) is 0 Å². The van der Waals surface area contributed by atoms with Crippen molar-refractivity contribution in [1.82, 2.24) is 9.13 Å². The number of para-hydroxylation sites is 3. The molecule has 0 N–H and O–H groups in total. The fraction of sp³-hybridized carbons (Fsp3) is 0.0278. The predicted octanol–water partition coefficient (Wildman–Crippen LogP) is 8.37. The summed E-state index contributed by atoms with van der Waals surface area (Å²) in [4.78, 5) is 0. The van der Waals surface area contributed by atoms with Crippen molar-refractivity contribution in [2.75, 3.05) is 0 Å². The SMILES string of the molecule is C[n+]1ccc(-c2ccc3c(c2)c2ccc4c5ccccc5n(-c5ccccc5)c4c2n3-c2ccccc2)cc1. The van der Waals surface area contributed by atoms with Crippen LogP contribution in [0, 0.1) is 0 Å². The lowest BCUT2D eigenvalue weighted by Gasteiger charge is -2.12. The highest BCUT2D eigenvalue weighted by Gasteiger charge is 2.21. The van der Waals surface area contributed by atoms with Gasteiger partial charge >= 0.3 is 0 Å². The summed E-state index contributed by atoms with van der Waals surface area (Å²) < 4.78 is 6.95. The largest absolute Gasteiger partial charge is 0.307 e. The van der Waals surface area contributed by atoms with Crippen LogP contribution in [0.5, 0.6) is 0 Å². The molecule has 0 aliphatic carbocycles. The molecule has 5 aromatic carbocycles. The Morgan fingerprint density at radius 1 is 0.436 bits per heavy atom. The van der Waals surface area contributed by atoms with Crippen LogP contribution in [0.25, 0.3) is 66.1 Å². The smallest absolute Gasteiger partial charge is 0.169 e. The lowest BCUT2D eigenvalue weighted by molar-refractivity contribution is -0.671. The minimum atomic E-state index is 1.16. The standard InChI is InChI=1S/C36H26N3/c1-37-22-20-25(21-23-37)26-16-19-34-32(24-26)31-18-17-30-29-14-8-9-15-33(29)38(27-10-4-2-5-11-27)35(30)36(31)39(34)28-12-6-3-7-13-28/h2-24H,1H3/q+1. The molecule has 0 atom stereocenters. The molecule has 8 rings (SSSR count). The molecule has 0 radical (unpaired) electrons. The molecule has 0 fully saturated rings. The highest BCUT2D eigenvalue weighted by Crippen LogP contribution is 2.42. The van der Waals surface area contributed by atoms with Crippen molar-refractivity contribution >= 4 is 43.6 Å². The van der Waals surface area contributed by atoms with Gasteiger partial charge in [0, 0.05) is 45.1 Å². The van der Waals surface area contributed by atoms with E-state index >= 15 is 0 Å². The number of rotatable bonds is 3. The molecular weight excluding hydrogens is 474 g/mol. The third-order valence-electron chi connectivity index (χ3n) is 7.90. The molecule has 39 heavy (non-hydrogen) atoms. The fourth-order valence-corrected chi connectivity index (χ4v) is 6.11. The summed E-state index contributed by atoms with van der Waals surface area (Å²) in [5.74, 6) is 0. The van der Waals surface area contributed by atoms with Gasteiger partial charge in [0.1, 0.15) is 7.05 Å². The molecule has 0 aliphatic rings. The highest BCUT2D eigenvalue weighted by molar-refractivity contribution is 6.24. The number of aryl methyl sites for hydroxylation is 1. The Bertz CT molecular complexity index is 2150. The van der Waals surface area contributed by atoms with Crippen molar-refractivity contribution in [3.8, 4) is 22.5 Å². The van der Waals surface area contributed by atoms with E-state index in [1.807, 2.05) is 0 Å². The first-order chi connectivity index (χ1) is 19.3. The lowest BCUT2D eigenvalue weighted by atomic mass is 10.0. The molecule has 0 spiro atoms. The number of pyridine rings is 1. The van der Waals surface area contributed by atoms with Crippen molar-refractivity contribution in [2.24, 2.45) is 7.05 Å². The number of hydrogen-bond acceptors (Lipinski definition) is 0. The van der Waals surface area contributed by atoms with Crippen LogP contribution in [-0.2, 0) is 7.05 Å². The Labute approximate surface area is 226 Å². The molecule has 0 amide bonds. The van der Waals surface area contributed by atoms with Gasteiger partial charge in [-0.15, -0.1) is 0 Å². The average Bonchev–Trinajstić information content (AvgIpc) is 3.51. The monoisotopic (exact) mass is 500 g/mol. The summed E-state index contributed by atoms with van der Waals surface area (Å²) in [6.07, 6.45) is 4.21. The number of nitrogens with zero attached hydrogens (tertiary/aromatic N) is 3. The first-order valence-electron chi connectivity index (χ1n) is 13.3. The Morgan fingerprint density at radius 2 is 0.974 bits per heavy atom. The van der Waals surface area contributed by atoms with Crippen molar-refractivity contribution in [3.63, 3.8) is 0 Å². The average molecular weight is 501 g/mol. The molecule has 0 saturated heterocycles. The van der Waals surface area contributed by atoms with Gasteiger partial charge in [0.2, 0.25) is 0 Å². The van der Waals surface area contributed by atoms with Gasteiger partial charge in [-0.05, 0) is 53.6 Å². The molecule has 0 unspecified atom stereocenters. The second-order valence-corrected chi connectivity index (χ2v) is 10.2. The van der Waals surface area contributed by atoms with Crippen LogP contribution in [0.3, 0.4) is 0 Å².